The van der Waals surface area contributed by atoms with E-state index in [-0.39, 0.29) is 13.2 Å². The summed E-state index contributed by atoms with van der Waals surface area (Å²) in [6.45, 7) is 5.82. The van der Waals surface area contributed by atoms with E-state index in [9.17, 15) is 14.0 Å². The maximum absolute atomic E-state index is 13.9. The quantitative estimate of drug-likeness (QED) is 0.245. The molecule has 1 amide bonds. The molecule has 36 heavy (non-hydrogen) atoms. The standard InChI is InChI=1S/C24H28FN5O6/c1-23(2,3)35-21(31)19(27-22(32)36-24(4,25)14-26)13-16-9-11-17(12-10-16)33-15-34-30-20-8-6-5-7-18(20)28-29-30/h5-12,14,19,26H,13,15H2,1-4H3,(H,27,32)/t19-,24?/m1/s1. The zero-order chi connectivity index (χ0) is 26.3. The van der Waals surface area contributed by atoms with Crippen LogP contribution in [0.2, 0.25) is 0 Å². The minimum atomic E-state index is -2.61. The first-order chi connectivity index (χ1) is 17.0. The average molecular weight is 502 g/mol. The SMILES string of the molecule is CC(C)(C)OC(=O)[C@@H](Cc1ccc(OCOn2nnc3ccccc32)cc1)NC(=O)OC(C)(F)C=N. The first-order valence-corrected chi connectivity index (χ1v) is 11.0. The fourth-order valence-electron chi connectivity index (χ4n) is 2.99. The topological polar surface area (TPSA) is 138 Å². The summed E-state index contributed by atoms with van der Waals surface area (Å²) in [6.07, 6.45) is -0.820. The molecule has 0 fully saturated rings. The van der Waals surface area contributed by atoms with Crippen molar-refractivity contribution in [1.29, 1.82) is 5.41 Å². The van der Waals surface area contributed by atoms with Crippen molar-refractivity contribution >= 4 is 29.3 Å². The van der Waals surface area contributed by atoms with Gasteiger partial charge in [-0.25, -0.2) is 9.59 Å². The van der Waals surface area contributed by atoms with E-state index >= 15 is 0 Å². The summed E-state index contributed by atoms with van der Waals surface area (Å²) in [5, 5.41) is 17.2. The second-order valence-electron chi connectivity index (χ2n) is 8.94. The van der Waals surface area contributed by atoms with E-state index in [0.717, 1.165) is 6.92 Å². The van der Waals surface area contributed by atoms with Crippen LogP contribution < -0.4 is 14.9 Å². The molecular formula is C24H28FN5O6. The first kappa shape index (κ1) is 26.4. The largest absolute Gasteiger partial charge is 0.458 e. The highest BCUT2D eigenvalue weighted by Crippen LogP contribution is 2.17. The number of ether oxygens (including phenoxy) is 3. The summed E-state index contributed by atoms with van der Waals surface area (Å²) in [4.78, 5) is 31.5. The molecule has 3 aromatic rings. The molecular weight excluding hydrogens is 473 g/mol. The van der Waals surface area contributed by atoms with Gasteiger partial charge in [0, 0.05) is 13.3 Å². The van der Waals surface area contributed by atoms with Crippen LogP contribution in [0.4, 0.5) is 9.18 Å². The number of carbonyl (C=O) groups is 2. The van der Waals surface area contributed by atoms with Crippen molar-refractivity contribution < 1.29 is 33.0 Å². The number of para-hydroxylation sites is 1. The third-order valence-electron chi connectivity index (χ3n) is 4.62. The third-order valence-corrected chi connectivity index (χ3v) is 4.62. The van der Waals surface area contributed by atoms with Crippen molar-refractivity contribution in [2.75, 3.05) is 6.79 Å². The number of hydrogen-bond acceptors (Lipinski definition) is 9. The van der Waals surface area contributed by atoms with Crippen molar-refractivity contribution in [1.82, 2.24) is 20.5 Å². The van der Waals surface area contributed by atoms with Gasteiger partial charge in [-0.15, -0.1) is 5.10 Å². The van der Waals surface area contributed by atoms with E-state index in [1.807, 2.05) is 24.3 Å². The smallest absolute Gasteiger partial charge is 0.410 e. The number of amides is 1. The molecule has 1 heterocycles. The van der Waals surface area contributed by atoms with Crippen LogP contribution in [-0.4, -0.2) is 57.7 Å². The van der Waals surface area contributed by atoms with Gasteiger partial charge in [0.2, 0.25) is 0 Å². The third kappa shape index (κ3) is 7.65. The van der Waals surface area contributed by atoms with Crippen LogP contribution in [0, 0.1) is 5.41 Å². The van der Waals surface area contributed by atoms with E-state index in [0.29, 0.717) is 28.6 Å². The van der Waals surface area contributed by atoms with Gasteiger partial charge in [0.15, 0.2) is 0 Å². The van der Waals surface area contributed by atoms with Crippen LogP contribution in [0.25, 0.3) is 11.0 Å². The van der Waals surface area contributed by atoms with E-state index in [2.05, 4.69) is 20.4 Å². The van der Waals surface area contributed by atoms with Gasteiger partial charge in [-0.2, -0.15) is 4.39 Å². The van der Waals surface area contributed by atoms with Crippen LogP contribution in [-0.2, 0) is 20.7 Å². The van der Waals surface area contributed by atoms with Gasteiger partial charge in [-0.05, 0) is 55.8 Å². The Morgan fingerprint density at radius 3 is 2.47 bits per heavy atom. The molecule has 192 valence electrons. The molecule has 1 aromatic heterocycles. The molecule has 2 aromatic carbocycles. The number of halogens is 1. The number of esters is 1. The summed E-state index contributed by atoms with van der Waals surface area (Å²) in [5.41, 5.74) is 1.24. The molecule has 0 aliphatic rings. The molecule has 0 aliphatic heterocycles. The van der Waals surface area contributed by atoms with Crippen molar-refractivity contribution in [2.24, 2.45) is 0 Å². The number of rotatable bonds is 10. The van der Waals surface area contributed by atoms with E-state index in [4.69, 9.17) is 19.7 Å². The lowest BCUT2D eigenvalue weighted by atomic mass is 10.1. The molecule has 0 saturated carbocycles. The highest BCUT2D eigenvalue weighted by atomic mass is 19.2. The number of fused-ring (bicyclic) bond motifs is 1. The Balaban J connectivity index is 1.61. The minimum Gasteiger partial charge on any atom is -0.458 e. The van der Waals surface area contributed by atoms with Crippen molar-refractivity contribution in [2.45, 2.75) is 51.6 Å². The lowest BCUT2D eigenvalue weighted by Gasteiger charge is -2.25. The summed E-state index contributed by atoms with van der Waals surface area (Å²) in [7, 11) is 0. The summed E-state index contributed by atoms with van der Waals surface area (Å²) >= 11 is 0. The lowest BCUT2D eigenvalue weighted by Crippen LogP contribution is -2.47. The number of benzene rings is 2. The lowest BCUT2D eigenvalue weighted by molar-refractivity contribution is -0.157. The molecule has 0 spiro atoms. The van der Waals surface area contributed by atoms with Crippen LogP contribution in [0.3, 0.4) is 0 Å². The normalized spacial score (nSPS) is 13.8. The predicted octanol–water partition coefficient (Wildman–Crippen LogP) is 3.21. The maximum Gasteiger partial charge on any atom is 0.410 e. The zero-order valence-electron chi connectivity index (χ0n) is 20.4. The minimum absolute atomic E-state index is 0.0410. The Labute approximate surface area is 206 Å². The fourth-order valence-corrected chi connectivity index (χ4v) is 2.99. The molecule has 0 saturated heterocycles. The van der Waals surface area contributed by atoms with Gasteiger partial charge in [-0.1, -0.05) is 29.1 Å². The highest BCUT2D eigenvalue weighted by Gasteiger charge is 2.31. The van der Waals surface area contributed by atoms with E-state index < -0.39 is 29.6 Å². The molecule has 0 bridgehead atoms. The van der Waals surface area contributed by atoms with Gasteiger partial charge in [0.1, 0.15) is 28.4 Å². The summed E-state index contributed by atoms with van der Waals surface area (Å²) in [6, 6.07) is 12.9. The second kappa shape index (κ2) is 11.0. The van der Waals surface area contributed by atoms with Crippen molar-refractivity contribution in [3.8, 4) is 5.75 Å². The molecule has 12 heteroatoms. The molecule has 0 aliphatic carbocycles. The molecule has 1 unspecified atom stereocenters. The number of nitrogens with zero attached hydrogens (tertiary/aromatic N) is 3. The Hall–Kier alpha value is -4.22. The first-order valence-electron chi connectivity index (χ1n) is 11.0. The van der Waals surface area contributed by atoms with Crippen molar-refractivity contribution in [3.63, 3.8) is 0 Å². The highest BCUT2D eigenvalue weighted by molar-refractivity contribution is 5.82. The van der Waals surface area contributed by atoms with E-state index in [1.54, 1.807) is 45.0 Å². The van der Waals surface area contributed by atoms with Crippen LogP contribution >= 0.6 is 0 Å². The van der Waals surface area contributed by atoms with Crippen LogP contribution in [0.1, 0.15) is 33.3 Å². The number of carbonyl (C=O) groups excluding carboxylic acids is 2. The molecule has 2 atom stereocenters. The molecule has 3 rings (SSSR count). The number of aromatic nitrogens is 3. The van der Waals surface area contributed by atoms with Gasteiger partial charge in [0.05, 0.1) is 6.21 Å². The van der Waals surface area contributed by atoms with Crippen LogP contribution in [0.15, 0.2) is 48.5 Å². The summed E-state index contributed by atoms with van der Waals surface area (Å²) < 4.78 is 29.3. The molecule has 11 nitrogen and oxygen atoms in total. The summed E-state index contributed by atoms with van der Waals surface area (Å²) in [5.74, 6) is -2.84. The second-order valence-corrected chi connectivity index (χ2v) is 8.94. The average Bonchev–Trinajstić information content (AvgIpc) is 3.21. The Morgan fingerprint density at radius 2 is 1.81 bits per heavy atom. The van der Waals surface area contributed by atoms with Gasteiger partial charge in [0.25, 0.3) is 12.6 Å². The number of alkyl halides is 1. The number of nitrogens with one attached hydrogen (secondary N) is 2. The Bertz CT molecular complexity index is 1210. The predicted molar refractivity (Wildman–Crippen MR) is 127 cm³/mol. The van der Waals surface area contributed by atoms with E-state index in [1.165, 1.54) is 4.85 Å². The van der Waals surface area contributed by atoms with Crippen molar-refractivity contribution in [3.05, 3.63) is 54.1 Å². The number of hydrogen-bond donors (Lipinski definition) is 2. The Kier molecular flexibility index (Phi) is 8.07. The zero-order valence-corrected chi connectivity index (χ0v) is 20.4. The van der Waals surface area contributed by atoms with Gasteiger partial charge >= 0.3 is 12.1 Å². The monoisotopic (exact) mass is 501 g/mol. The maximum atomic E-state index is 13.9. The van der Waals surface area contributed by atoms with Crippen LogP contribution in [0.5, 0.6) is 5.75 Å². The van der Waals surface area contributed by atoms with Gasteiger partial charge < -0.3 is 29.8 Å². The number of alkyl carbamates (subject to hydrolysis) is 1. The molecule has 0 radical (unpaired) electrons. The van der Waals surface area contributed by atoms with Gasteiger partial charge in [-0.3, -0.25) is 0 Å². The Morgan fingerprint density at radius 1 is 1.11 bits per heavy atom. The molecule has 2 N–H and O–H groups in total. The fraction of sp³-hybridized carbons (Fsp3) is 0.375.